The summed E-state index contributed by atoms with van der Waals surface area (Å²) < 4.78 is 17.4. The number of hydrogen-bond acceptors (Lipinski definition) is 5. The summed E-state index contributed by atoms with van der Waals surface area (Å²) in [5, 5.41) is 9.55. The third kappa shape index (κ3) is 3.28. The van der Waals surface area contributed by atoms with Crippen molar-refractivity contribution in [1.82, 2.24) is 14.9 Å². The van der Waals surface area contributed by atoms with E-state index in [-0.39, 0.29) is 24.2 Å². The molecular formula is C16H17FN4O2S. The largest absolute Gasteiger partial charge is 0.351 e. The Morgan fingerprint density at radius 1 is 1.50 bits per heavy atom. The smallest absolute Gasteiger partial charge is 0.228 e. The standard InChI is InChI=1S/C16H17FN4O2S/c1-8(2)15-13(24-21-20-15)7-18-16(23)11-6-14(22)19-12-4-3-9(17)5-10(11)12/h3-5,8,11H,6-7H2,1-2H3,(H,18,23)(H,19,22)/t11-/m0/s1. The van der Waals surface area contributed by atoms with Gasteiger partial charge in [-0.05, 0) is 41.2 Å². The first-order valence-electron chi connectivity index (χ1n) is 7.64. The highest BCUT2D eigenvalue weighted by Crippen LogP contribution is 2.33. The number of benzene rings is 1. The number of carbonyl (C=O) groups is 2. The fraction of sp³-hybridized carbons (Fsp3) is 0.375. The zero-order valence-electron chi connectivity index (χ0n) is 13.3. The molecule has 0 saturated heterocycles. The molecule has 24 heavy (non-hydrogen) atoms. The lowest BCUT2D eigenvalue weighted by molar-refractivity contribution is -0.126. The number of carbonyl (C=O) groups excluding carboxylic acids is 2. The SMILES string of the molecule is CC(C)c1nnsc1CNC(=O)[C@H]1CC(=O)Nc2ccc(F)cc21. The van der Waals surface area contributed by atoms with Gasteiger partial charge in [0.05, 0.1) is 23.0 Å². The maximum Gasteiger partial charge on any atom is 0.228 e. The van der Waals surface area contributed by atoms with Crippen LogP contribution in [-0.2, 0) is 16.1 Å². The van der Waals surface area contributed by atoms with E-state index in [2.05, 4.69) is 20.2 Å². The summed E-state index contributed by atoms with van der Waals surface area (Å²) >= 11 is 1.24. The molecule has 6 nitrogen and oxygen atoms in total. The molecule has 2 amide bonds. The molecule has 2 N–H and O–H groups in total. The summed E-state index contributed by atoms with van der Waals surface area (Å²) in [7, 11) is 0. The zero-order valence-corrected chi connectivity index (χ0v) is 14.1. The second-order valence-electron chi connectivity index (χ2n) is 5.99. The lowest BCUT2D eigenvalue weighted by Crippen LogP contribution is -2.34. The zero-order chi connectivity index (χ0) is 17.3. The number of nitrogens with one attached hydrogen (secondary N) is 2. The Labute approximate surface area is 142 Å². The third-order valence-corrected chi connectivity index (χ3v) is 4.66. The highest BCUT2D eigenvalue weighted by molar-refractivity contribution is 7.05. The summed E-state index contributed by atoms with van der Waals surface area (Å²) in [6, 6.07) is 4.04. The van der Waals surface area contributed by atoms with E-state index in [4.69, 9.17) is 0 Å². The molecule has 0 spiro atoms. The molecule has 3 rings (SSSR count). The van der Waals surface area contributed by atoms with Crippen molar-refractivity contribution >= 4 is 29.0 Å². The topological polar surface area (TPSA) is 84.0 Å². The molecule has 2 aromatic rings. The Kier molecular flexibility index (Phi) is 4.57. The van der Waals surface area contributed by atoms with Crippen molar-refractivity contribution in [2.75, 3.05) is 5.32 Å². The van der Waals surface area contributed by atoms with E-state index in [1.54, 1.807) is 0 Å². The van der Waals surface area contributed by atoms with Gasteiger partial charge in [0.15, 0.2) is 0 Å². The van der Waals surface area contributed by atoms with Crippen LogP contribution in [-0.4, -0.2) is 21.4 Å². The number of hydrogen-bond donors (Lipinski definition) is 2. The Balaban J connectivity index is 1.77. The molecule has 0 aliphatic carbocycles. The van der Waals surface area contributed by atoms with Gasteiger partial charge in [0.2, 0.25) is 11.8 Å². The van der Waals surface area contributed by atoms with Gasteiger partial charge in [-0.1, -0.05) is 18.3 Å². The molecule has 126 valence electrons. The molecule has 0 saturated carbocycles. The van der Waals surface area contributed by atoms with Crippen molar-refractivity contribution in [2.24, 2.45) is 0 Å². The number of aromatic nitrogens is 2. The van der Waals surface area contributed by atoms with Crippen LogP contribution in [0.1, 0.15) is 48.2 Å². The summed E-state index contributed by atoms with van der Waals surface area (Å²) in [5.41, 5.74) is 1.84. The number of nitrogens with zero attached hydrogens (tertiary/aromatic N) is 2. The number of fused-ring (bicyclic) bond motifs is 1. The normalized spacial score (nSPS) is 16.7. The first-order valence-corrected chi connectivity index (χ1v) is 8.41. The van der Waals surface area contributed by atoms with Crippen LogP contribution in [0.5, 0.6) is 0 Å². The Bertz CT molecular complexity index is 790. The van der Waals surface area contributed by atoms with Crippen molar-refractivity contribution in [2.45, 2.75) is 38.6 Å². The maximum absolute atomic E-state index is 13.5. The van der Waals surface area contributed by atoms with Gasteiger partial charge in [-0.3, -0.25) is 9.59 Å². The van der Waals surface area contributed by atoms with Crippen LogP contribution in [0.15, 0.2) is 18.2 Å². The van der Waals surface area contributed by atoms with Gasteiger partial charge in [-0.15, -0.1) is 5.10 Å². The average molecular weight is 348 g/mol. The number of rotatable bonds is 4. The monoisotopic (exact) mass is 348 g/mol. The minimum atomic E-state index is -0.701. The third-order valence-electron chi connectivity index (χ3n) is 3.92. The van der Waals surface area contributed by atoms with Crippen molar-refractivity contribution in [3.05, 3.63) is 40.2 Å². The summed E-state index contributed by atoms with van der Waals surface area (Å²) in [4.78, 5) is 25.2. The van der Waals surface area contributed by atoms with E-state index in [0.29, 0.717) is 17.8 Å². The molecule has 1 aromatic carbocycles. The highest BCUT2D eigenvalue weighted by atomic mass is 32.1. The van der Waals surface area contributed by atoms with E-state index < -0.39 is 11.7 Å². The van der Waals surface area contributed by atoms with E-state index in [1.807, 2.05) is 13.8 Å². The predicted octanol–water partition coefficient (Wildman–Crippen LogP) is 2.54. The molecule has 2 heterocycles. The minimum absolute atomic E-state index is 0.000263. The van der Waals surface area contributed by atoms with Gasteiger partial charge in [-0.2, -0.15) is 0 Å². The molecule has 0 fully saturated rings. The molecular weight excluding hydrogens is 331 g/mol. The lowest BCUT2D eigenvalue weighted by Gasteiger charge is -2.24. The maximum atomic E-state index is 13.5. The molecule has 0 bridgehead atoms. The van der Waals surface area contributed by atoms with Crippen LogP contribution in [0, 0.1) is 5.82 Å². The van der Waals surface area contributed by atoms with Crippen LogP contribution < -0.4 is 10.6 Å². The molecule has 1 aliphatic rings. The average Bonchev–Trinajstić information content (AvgIpc) is 3.01. The Morgan fingerprint density at radius 2 is 2.29 bits per heavy atom. The van der Waals surface area contributed by atoms with Crippen LogP contribution in [0.2, 0.25) is 0 Å². The number of halogens is 1. The first-order chi connectivity index (χ1) is 11.5. The molecule has 0 radical (unpaired) electrons. The molecule has 1 aromatic heterocycles. The van der Waals surface area contributed by atoms with Gasteiger partial charge in [-0.25, -0.2) is 4.39 Å². The van der Waals surface area contributed by atoms with Gasteiger partial charge in [0, 0.05) is 12.1 Å². The van der Waals surface area contributed by atoms with Crippen LogP contribution in [0.4, 0.5) is 10.1 Å². The molecule has 1 atom stereocenters. The predicted molar refractivity (Wildman–Crippen MR) is 88.2 cm³/mol. The molecule has 8 heteroatoms. The molecule has 0 unspecified atom stereocenters. The summed E-state index contributed by atoms with van der Waals surface area (Å²) in [6.07, 6.45) is 0.000263. The van der Waals surface area contributed by atoms with Gasteiger partial charge >= 0.3 is 0 Å². The van der Waals surface area contributed by atoms with E-state index in [0.717, 1.165) is 10.6 Å². The number of amides is 2. The fourth-order valence-corrected chi connectivity index (χ4v) is 3.47. The highest BCUT2D eigenvalue weighted by Gasteiger charge is 2.31. The van der Waals surface area contributed by atoms with Crippen molar-refractivity contribution in [1.29, 1.82) is 0 Å². The first kappa shape index (κ1) is 16.5. The van der Waals surface area contributed by atoms with Gasteiger partial charge < -0.3 is 10.6 Å². The summed E-state index contributed by atoms with van der Waals surface area (Å²) in [6.45, 7) is 4.31. The second-order valence-corrected chi connectivity index (χ2v) is 6.83. The Hall–Kier alpha value is -2.35. The summed E-state index contributed by atoms with van der Waals surface area (Å²) in [5.74, 6) is -1.48. The van der Waals surface area contributed by atoms with E-state index in [9.17, 15) is 14.0 Å². The van der Waals surface area contributed by atoms with Crippen LogP contribution in [0.25, 0.3) is 0 Å². The van der Waals surface area contributed by atoms with Gasteiger partial charge in [0.1, 0.15) is 5.82 Å². The van der Waals surface area contributed by atoms with Crippen molar-refractivity contribution in [3.8, 4) is 0 Å². The minimum Gasteiger partial charge on any atom is -0.351 e. The van der Waals surface area contributed by atoms with Crippen molar-refractivity contribution in [3.63, 3.8) is 0 Å². The Morgan fingerprint density at radius 3 is 3.04 bits per heavy atom. The molecule has 1 aliphatic heterocycles. The quantitative estimate of drug-likeness (QED) is 0.889. The van der Waals surface area contributed by atoms with Gasteiger partial charge in [0.25, 0.3) is 0 Å². The van der Waals surface area contributed by atoms with E-state index >= 15 is 0 Å². The second kappa shape index (κ2) is 6.64. The van der Waals surface area contributed by atoms with E-state index in [1.165, 1.54) is 29.7 Å². The van der Waals surface area contributed by atoms with Crippen LogP contribution in [0.3, 0.4) is 0 Å². The van der Waals surface area contributed by atoms with Crippen molar-refractivity contribution < 1.29 is 14.0 Å². The lowest BCUT2D eigenvalue weighted by atomic mass is 9.89. The van der Waals surface area contributed by atoms with Crippen LogP contribution >= 0.6 is 11.5 Å². The number of anilines is 1. The fourth-order valence-electron chi connectivity index (χ4n) is 2.73.